The van der Waals surface area contributed by atoms with Gasteiger partial charge in [0.1, 0.15) is 0 Å². The van der Waals surface area contributed by atoms with Crippen molar-refractivity contribution in [3.8, 4) is 5.88 Å². The van der Waals surface area contributed by atoms with Gasteiger partial charge in [-0.05, 0) is 62.5 Å². The van der Waals surface area contributed by atoms with Crippen molar-refractivity contribution in [3.63, 3.8) is 0 Å². The second-order valence-electron chi connectivity index (χ2n) is 6.99. The molecule has 0 spiro atoms. The van der Waals surface area contributed by atoms with Gasteiger partial charge < -0.3 is 9.64 Å². The molecule has 1 fully saturated rings. The molecular weight excluding hydrogens is 348 g/mol. The number of Topliss-reactive ketones (excluding diaryl/α,β-unsaturated/α-hetero) is 1. The van der Waals surface area contributed by atoms with E-state index in [1.807, 2.05) is 18.2 Å². The van der Waals surface area contributed by atoms with Crippen LogP contribution in [0.2, 0.25) is 5.02 Å². The van der Waals surface area contributed by atoms with Crippen LogP contribution in [0.15, 0.2) is 42.6 Å². The number of pyridine rings is 1. The van der Waals surface area contributed by atoms with E-state index in [-0.39, 0.29) is 11.7 Å². The van der Waals surface area contributed by atoms with E-state index in [1.165, 1.54) is 0 Å². The fourth-order valence-corrected chi connectivity index (χ4v) is 4.00. The molecule has 2 aromatic rings. The summed E-state index contributed by atoms with van der Waals surface area (Å²) in [6.45, 7) is 2.12. The Morgan fingerprint density at radius 2 is 2.00 bits per heavy atom. The summed E-state index contributed by atoms with van der Waals surface area (Å²) in [7, 11) is 3.71. The SMILES string of the molecule is COc1ccc(C(=O)CC(c2ccccc2Cl)C2CCN(C)CC2)cn1. The Kier molecular flexibility index (Phi) is 6.28. The maximum Gasteiger partial charge on any atom is 0.212 e. The number of piperidine rings is 1. The molecule has 138 valence electrons. The average Bonchev–Trinajstić information content (AvgIpc) is 2.67. The molecule has 1 atom stereocenters. The van der Waals surface area contributed by atoms with Crippen LogP contribution in [0, 0.1) is 5.92 Å². The van der Waals surface area contributed by atoms with Gasteiger partial charge in [0.05, 0.1) is 7.11 Å². The maximum atomic E-state index is 12.9. The second-order valence-corrected chi connectivity index (χ2v) is 7.39. The summed E-state index contributed by atoms with van der Waals surface area (Å²) >= 11 is 6.49. The number of methoxy groups -OCH3 is 1. The van der Waals surface area contributed by atoms with E-state index in [4.69, 9.17) is 16.3 Å². The molecule has 1 aromatic carbocycles. The Balaban J connectivity index is 1.83. The lowest BCUT2D eigenvalue weighted by molar-refractivity contribution is 0.0950. The minimum Gasteiger partial charge on any atom is -0.481 e. The van der Waals surface area contributed by atoms with Gasteiger partial charge in [-0.3, -0.25) is 4.79 Å². The van der Waals surface area contributed by atoms with Gasteiger partial charge in [-0.1, -0.05) is 29.8 Å². The summed E-state index contributed by atoms with van der Waals surface area (Å²) in [5, 5.41) is 0.747. The first-order chi connectivity index (χ1) is 12.6. The van der Waals surface area contributed by atoms with E-state index in [9.17, 15) is 4.79 Å². The zero-order valence-corrected chi connectivity index (χ0v) is 16.1. The Hall–Kier alpha value is -1.91. The Bertz CT molecular complexity index is 740. The molecule has 3 rings (SSSR count). The number of ketones is 1. The van der Waals surface area contributed by atoms with E-state index >= 15 is 0 Å². The number of rotatable bonds is 6. The fraction of sp³-hybridized carbons (Fsp3) is 0.429. The molecule has 1 aliphatic heterocycles. The van der Waals surface area contributed by atoms with Gasteiger partial charge in [-0.2, -0.15) is 0 Å². The lowest BCUT2D eigenvalue weighted by atomic mass is 9.77. The molecule has 0 N–H and O–H groups in total. The van der Waals surface area contributed by atoms with E-state index in [1.54, 1.807) is 25.4 Å². The number of halogens is 1. The summed E-state index contributed by atoms with van der Waals surface area (Å²) in [5.41, 5.74) is 1.70. The zero-order valence-electron chi connectivity index (χ0n) is 15.3. The van der Waals surface area contributed by atoms with Gasteiger partial charge in [-0.15, -0.1) is 0 Å². The first-order valence-corrected chi connectivity index (χ1v) is 9.42. The van der Waals surface area contributed by atoms with Crippen LogP contribution in [0.3, 0.4) is 0 Å². The Labute approximate surface area is 160 Å². The summed E-state index contributed by atoms with van der Waals surface area (Å²) in [4.78, 5) is 19.4. The summed E-state index contributed by atoms with van der Waals surface area (Å²) < 4.78 is 5.08. The molecule has 4 nitrogen and oxygen atoms in total. The van der Waals surface area contributed by atoms with E-state index in [2.05, 4.69) is 23.0 Å². The summed E-state index contributed by atoms with van der Waals surface area (Å²) in [5.74, 6) is 1.21. The van der Waals surface area contributed by atoms with Crippen molar-refractivity contribution in [2.24, 2.45) is 5.92 Å². The number of nitrogens with zero attached hydrogens (tertiary/aromatic N) is 2. The minimum absolute atomic E-state index is 0.101. The van der Waals surface area contributed by atoms with Crippen LogP contribution in [0.5, 0.6) is 5.88 Å². The van der Waals surface area contributed by atoms with Crippen LogP contribution in [0.1, 0.15) is 41.1 Å². The molecule has 1 saturated heterocycles. The van der Waals surface area contributed by atoms with Crippen molar-refractivity contribution in [2.45, 2.75) is 25.2 Å². The van der Waals surface area contributed by atoms with Crippen LogP contribution >= 0.6 is 11.6 Å². The van der Waals surface area contributed by atoms with Gasteiger partial charge in [0.25, 0.3) is 0 Å². The van der Waals surface area contributed by atoms with Gasteiger partial charge >= 0.3 is 0 Å². The van der Waals surface area contributed by atoms with Crippen molar-refractivity contribution in [1.82, 2.24) is 9.88 Å². The highest BCUT2D eigenvalue weighted by atomic mass is 35.5. The lowest BCUT2D eigenvalue weighted by Gasteiger charge is -2.34. The molecular formula is C21H25ClN2O2. The summed E-state index contributed by atoms with van der Waals surface area (Å²) in [6, 6.07) is 11.4. The number of hydrogen-bond acceptors (Lipinski definition) is 4. The molecule has 1 aromatic heterocycles. The average molecular weight is 373 g/mol. The molecule has 0 amide bonds. The fourth-order valence-electron chi connectivity index (χ4n) is 3.72. The topological polar surface area (TPSA) is 42.4 Å². The van der Waals surface area contributed by atoms with Gasteiger partial charge in [0.2, 0.25) is 5.88 Å². The van der Waals surface area contributed by atoms with Crippen LogP contribution < -0.4 is 4.74 Å². The third-order valence-electron chi connectivity index (χ3n) is 5.31. The zero-order chi connectivity index (χ0) is 18.5. The number of benzene rings is 1. The molecule has 1 unspecified atom stereocenters. The third-order valence-corrected chi connectivity index (χ3v) is 5.65. The van der Waals surface area contributed by atoms with E-state index < -0.39 is 0 Å². The van der Waals surface area contributed by atoms with Gasteiger partial charge in [-0.25, -0.2) is 4.98 Å². The van der Waals surface area contributed by atoms with Crippen molar-refractivity contribution in [2.75, 3.05) is 27.2 Å². The first kappa shape index (κ1) is 18.9. The van der Waals surface area contributed by atoms with Crippen molar-refractivity contribution >= 4 is 17.4 Å². The highest BCUT2D eigenvalue weighted by Gasteiger charge is 2.30. The Morgan fingerprint density at radius 3 is 2.62 bits per heavy atom. The first-order valence-electron chi connectivity index (χ1n) is 9.04. The molecule has 0 bridgehead atoms. The van der Waals surface area contributed by atoms with E-state index in [0.29, 0.717) is 23.8 Å². The lowest BCUT2D eigenvalue weighted by Crippen LogP contribution is -2.33. The smallest absolute Gasteiger partial charge is 0.212 e. The number of aromatic nitrogens is 1. The number of ether oxygens (including phenoxy) is 1. The largest absolute Gasteiger partial charge is 0.481 e. The molecule has 0 radical (unpaired) electrons. The van der Waals surface area contributed by atoms with Gasteiger partial charge in [0, 0.05) is 29.3 Å². The van der Waals surface area contributed by atoms with Crippen LogP contribution in [0.25, 0.3) is 0 Å². The molecule has 0 aliphatic carbocycles. The number of carbonyl (C=O) groups is 1. The van der Waals surface area contributed by atoms with Crippen LogP contribution in [0.4, 0.5) is 0 Å². The minimum atomic E-state index is 0.101. The van der Waals surface area contributed by atoms with Crippen molar-refractivity contribution in [3.05, 3.63) is 58.7 Å². The highest BCUT2D eigenvalue weighted by molar-refractivity contribution is 6.31. The van der Waals surface area contributed by atoms with Crippen LogP contribution in [-0.2, 0) is 0 Å². The number of likely N-dealkylation sites (tertiary alicyclic amines) is 1. The highest BCUT2D eigenvalue weighted by Crippen LogP contribution is 2.38. The van der Waals surface area contributed by atoms with Gasteiger partial charge in [0.15, 0.2) is 5.78 Å². The third kappa shape index (κ3) is 4.43. The standard InChI is InChI=1S/C21H25ClN2O2/c1-24-11-9-15(10-12-24)18(17-5-3-4-6-19(17)22)13-20(25)16-7-8-21(26-2)23-14-16/h3-8,14-15,18H,9-13H2,1-2H3. The maximum absolute atomic E-state index is 12.9. The molecule has 5 heteroatoms. The molecule has 2 heterocycles. The summed E-state index contributed by atoms with van der Waals surface area (Å²) in [6.07, 6.45) is 4.21. The molecule has 0 saturated carbocycles. The normalized spacial score (nSPS) is 17.0. The Morgan fingerprint density at radius 1 is 1.27 bits per heavy atom. The number of hydrogen-bond donors (Lipinski definition) is 0. The second kappa shape index (κ2) is 8.65. The molecule has 26 heavy (non-hydrogen) atoms. The van der Waals surface area contributed by atoms with Crippen molar-refractivity contribution < 1.29 is 9.53 Å². The number of carbonyl (C=O) groups excluding carboxylic acids is 1. The van der Waals surface area contributed by atoms with Crippen molar-refractivity contribution in [1.29, 1.82) is 0 Å². The predicted molar refractivity (Wildman–Crippen MR) is 104 cm³/mol. The van der Waals surface area contributed by atoms with Crippen LogP contribution in [-0.4, -0.2) is 42.9 Å². The predicted octanol–water partition coefficient (Wildman–Crippen LogP) is 4.44. The van der Waals surface area contributed by atoms with E-state index in [0.717, 1.165) is 36.5 Å². The quantitative estimate of drug-likeness (QED) is 0.703. The molecule has 1 aliphatic rings. The monoisotopic (exact) mass is 372 g/mol.